The monoisotopic (exact) mass is 251 g/mol. The van der Waals surface area contributed by atoms with Crippen LogP contribution in [0.25, 0.3) is 0 Å². The Labute approximate surface area is 109 Å². The molecular formula is C15H22FNO. The minimum absolute atomic E-state index is 0.111. The van der Waals surface area contributed by atoms with Crippen molar-refractivity contribution in [3.63, 3.8) is 0 Å². The van der Waals surface area contributed by atoms with Crippen molar-refractivity contribution in [2.45, 2.75) is 32.2 Å². The molecule has 18 heavy (non-hydrogen) atoms. The van der Waals surface area contributed by atoms with E-state index in [2.05, 4.69) is 5.32 Å². The molecule has 1 atom stereocenters. The predicted molar refractivity (Wildman–Crippen MR) is 71.1 cm³/mol. The maximum absolute atomic E-state index is 13.6. The fraction of sp³-hybridized carbons (Fsp3) is 0.600. The Kier molecular flexibility index (Phi) is 4.72. The molecule has 1 aromatic rings. The summed E-state index contributed by atoms with van der Waals surface area (Å²) < 4.78 is 19.0. The summed E-state index contributed by atoms with van der Waals surface area (Å²) >= 11 is 0. The van der Waals surface area contributed by atoms with Gasteiger partial charge in [-0.3, -0.25) is 0 Å². The molecule has 0 saturated carbocycles. The van der Waals surface area contributed by atoms with E-state index in [1.807, 2.05) is 19.2 Å². The van der Waals surface area contributed by atoms with E-state index in [1.54, 1.807) is 13.0 Å². The molecule has 1 saturated heterocycles. The summed E-state index contributed by atoms with van der Waals surface area (Å²) in [6.45, 7) is 3.53. The summed E-state index contributed by atoms with van der Waals surface area (Å²) in [4.78, 5) is 0. The molecule has 3 heteroatoms. The van der Waals surface area contributed by atoms with Gasteiger partial charge in [0, 0.05) is 19.3 Å². The van der Waals surface area contributed by atoms with E-state index in [1.165, 1.54) is 0 Å². The van der Waals surface area contributed by atoms with Gasteiger partial charge >= 0.3 is 0 Å². The summed E-state index contributed by atoms with van der Waals surface area (Å²) in [5, 5.41) is 3.30. The Morgan fingerprint density at radius 2 is 2.11 bits per heavy atom. The van der Waals surface area contributed by atoms with Crippen molar-refractivity contribution in [1.29, 1.82) is 0 Å². The van der Waals surface area contributed by atoms with Crippen molar-refractivity contribution < 1.29 is 9.13 Å². The van der Waals surface area contributed by atoms with Gasteiger partial charge < -0.3 is 10.1 Å². The smallest absolute Gasteiger partial charge is 0.126 e. The Hall–Kier alpha value is -0.930. The molecule has 1 unspecified atom stereocenters. The summed E-state index contributed by atoms with van der Waals surface area (Å²) in [6.07, 6.45) is 3.29. The fourth-order valence-corrected chi connectivity index (χ4v) is 2.56. The van der Waals surface area contributed by atoms with Gasteiger partial charge in [-0.2, -0.15) is 0 Å². The molecule has 2 rings (SSSR count). The topological polar surface area (TPSA) is 21.3 Å². The third-order valence-corrected chi connectivity index (χ3v) is 3.86. The third-order valence-electron chi connectivity index (χ3n) is 3.86. The Balaban J connectivity index is 2.04. The molecule has 1 N–H and O–H groups in total. The third kappa shape index (κ3) is 3.30. The Bertz CT molecular complexity index is 388. The maximum atomic E-state index is 13.6. The summed E-state index contributed by atoms with van der Waals surface area (Å²) in [7, 11) is 1.95. The fourth-order valence-electron chi connectivity index (χ4n) is 2.56. The second-order valence-electron chi connectivity index (χ2n) is 5.14. The average Bonchev–Trinajstić information content (AvgIpc) is 2.40. The quantitative estimate of drug-likeness (QED) is 0.887. The van der Waals surface area contributed by atoms with Crippen LogP contribution in [0.4, 0.5) is 4.39 Å². The van der Waals surface area contributed by atoms with Crippen molar-refractivity contribution in [3.8, 4) is 0 Å². The van der Waals surface area contributed by atoms with E-state index in [4.69, 9.17) is 4.74 Å². The van der Waals surface area contributed by atoms with Crippen molar-refractivity contribution in [1.82, 2.24) is 5.32 Å². The molecular weight excluding hydrogens is 229 g/mol. The molecule has 1 aromatic carbocycles. The van der Waals surface area contributed by atoms with E-state index in [-0.39, 0.29) is 11.9 Å². The van der Waals surface area contributed by atoms with Gasteiger partial charge in [0.05, 0.1) is 0 Å². The highest BCUT2D eigenvalue weighted by Gasteiger charge is 2.19. The Morgan fingerprint density at radius 1 is 1.39 bits per heavy atom. The minimum Gasteiger partial charge on any atom is -0.381 e. The number of aryl methyl sites for hydroxylation is 1. The Morgan fingerprint density at radius 3 is 2.72 bits per heavy atom. The van der Waals surface area contributed by atoms with Crippen molar-refractivity contribution in [3.05, 3.63) is 35.1 Å². The van der Waals surface area contributed by atoms with Gasteiger partial charge in [-0.15, -0.1) is 0 Å². The van der Waals surface area contributed by atoms with Crippen LogP contribution < -0.4 is 5.32 Å². The van der Waals surface area contributed by atoms with Crippen LogP contribution in [0.15, 0.2) is 18.2 Å². The van der Waals surface area contributed by atoms with Gasteiger partial charge in [0.25, 0.3) is 0 Å². The van der Waals surface area contributed by atoms with Crippen molar-refractivity contribution in [2.24, 2.45) is 5.92 Å². The largest absolute Gasteiger partial charge is 0.381 e. The lowest BCUT2D eigenvalue weighted by Gasteiger charge is -2.27. The predicted octanol–water partition coefficient (Wildman–Crippen LogP) is 3.21. The molecule has 0 amide bonds. The molecule has 0 aliphatic carbocycles. The van der Waals surface area contributed by atoms with Crippen molar-refractivity contribution >= 4 is 0 Å². The first-order valence-electron chi connectivity index (χ1n) is 6.71. The number of rotatable bonds is 4. The standard InChI is InChI=1S/C15H22FNO/c1-11-3-4-13(10-14(11)16)15(17-2)9-12-5-7-18-8-6-12/h3-4,10,12,15,17H,5-9H2,1-2H3. The molecule has 1 aliphatic heterocycles. The van der Waals surface area contributed by atoms with Gasteiger partial charge in [0.1, 0.15) is 5.82 Å². The van der Waals surface area contributed by atoms with Gasteiger partial charge in [0.15, 0.2) is 0 Å². The van der Waals surface area contributed by atoms with Crippen LogP contribution in [0.2, 0.25) is 0 Å². The maximum Gasteiger partial charge on any atom is 0.126 e. The summed E-state index contributed by atoms with van der Waals surface area (Å²) in [5.74, 6) is 0.570. The lowest BCUT2D eigenvalue weighted by Crippen LogP contribution is -2.24. The number of nitrogens with one attached hydrogen (secondary N) is 1. The van der Waals surface area contributed by atoms with Crippen LogP contribution in [0, 0.1) is 18.7 Å². The van der Waals surface area contributed by atoms with E-state index in [0.29, 0.717) is 11.5 Å². The zero-order valence-corrected chi connectivity index (χ0v) is 11.2. The summed E-state index contributed by atoms with van der Waals surface area (Å²) in [6, 6.07) is 5.79. The van der Waals surface area contributed by atoms with E-state index in [9.17, 15) is 4.39 Å². The molecule has 0 radical (unpaired) electrons. The average molecular weight is 251 g/mol. The van der Waals surface area contributed by atoms with E-state index in [0.717, 1.165) is 38.0 Å². The highest BCUT2D eigenvalue weighted by molar-refractivity contribution is 5.25. The SMILES string of the molecule is CNC(CC1CCOCC1)c1ccc(C)c(F)c1. The summed E-state index contributed by atoms with van der Waals surface area (Å²) in [5.41, 5.74) is 1.76. The van der Waals surface area contributed by atoms with Crippen LogP contribution in [0.1, 0.15) is 36.4 Å². The molecule has 1 heterocycles. The lowest BCUT2D eigenvalue weighted by molar-refractivity contribution is 0.0608. The highest BCUT2D eigenvalue weighted by Crippen LogP contribution is 2.28. The van der Waals surface area contributed by atoms with Crippen LogP contribution in [0.5, 0.6) is 0 Å². The van der Waals surface area contributed by atoms with E-state index < -0.39 is 0 Å². The molecule has 0 bridgehead atoms. The first-order valence-corrected chi connectivity index (χ1v) is 6.71. The van der Waals surface area contributed by atoms with Gasteiger partial charge in [-0.25, -0.2) is 4.39 Å². The zero-order valence-electron chi connectivity index (χ0n) is 11.2. The molecule has 0 spiro atoms. The normalized spacial score (nSPS) is 18.8. The highest BCUT2D eigenvalue weighted by atomic mass is 19.1. The van der Waals surface area contributed by atoms with Crippen LogP contribution in [-0.4, -0.2) is 20.3 Å². The van der Waals surface area contributed by atoms with Gasteiger partial charge in [-0.1, -0.05) is 12.1 Å². The second-order valence-corrected chi connectivity index (χ2v) is 5.14. The zero-order chi connectivity index (χ0) is 13.0. The minimum atomic E-state index is -0.111. The molecule has 100 valence electrons. The lowest BCUT2D eigenvalue weighted by atomic mass is 9.89. The number of ether oxygens (including phenoxy) is 1. The first kappa shape index (κ1) is 13.5. The molecule has 2 nitrogen and oxygen atoms in total. The van der Waals surface area contributed by atoms with Crippen molar-refractivity contribution in [2.75, 3.05) is 20.3 Å². The van der Waals surface area contributed by atoms with Gasteiger partial charge in [-0.05, 0) is 56.3 Å². The molecule has 1 aliphatic rings. The molecule has 0 aromatic heterocycles. The van der Waals surface area contributed by atoms with Crippen LogP contribution in [0.3, 0.4) is 0 Å². The first-order chi connectivity index (χ1) is 8.70. The number of halogens is 1. The second kappa shape index (κ2) is 6.30. The molecule has 1 fully saturated rings. The van der Waals surface area contributed by atoms with E-state index >= 15 is 0 Å². The number of hydrogen-bond donors (Lipinski definition) is 1. The number of hydrogen-bond acceptors (Lipinski definition) is 2. The van der Waals surface area contributed by atoms with Crippen LogP contribution in [-0.2, 0) is 4.74 Å². The van der Waals surface area contributed by atoms with Crippen LogP contribution >= 0.6 is 0 Å². The number of benzene rings is 1. The van der Waals surface area contributed by atoms with Gasteiger partial charge in [0.2, 0.25) is 0 Å².